The second-order valence-electron chi connectivity index (χ2n) is 5.93. The lowest BCUT2D eigenvalue weighted by atomic mass is 10.0. The van der Waals surface area contributed by atoms with Crippen molar-refractivity contribution in [3.63, 3.8) is 0 Å². The van der Waals surface area contributed by atoms with Crippen LogP contribution in [0.25, 0.3) is 0 Å². The van der Waals surface area contributed by atoms with Crippen LogP contribution in [0, 0.1) is 11.8 Å². The van der Waals surface area contributed by atoms with Crippen molar-refractivity contribution in [2.45, 2.75) is 13.0 Å². The van der Waals surface area contributed by atoms with Gasteiger partial charge in [0.05, 0.1) is 5.92 Å². The Balaban J connectivity index is 1.46. The second kappa shape index (κ2) is 6.26. The van der Waals surface area contributed by atoms with E-state index in [0.717, 1.165) is 25.2 Å². The van der Waals surface area contributed by atoms with Gasteiger partial charge in [-0.3, -0.25) is 9.59 Å². The fourth-order valence-electron chi connectivity index (χ4n) is 2.81. The average molecular weight is 287 g/mol. The van der Waals surface area contributed by atoms with E-state index < -0.39 is 0 Å². The summed E-state index contributed by atoms with van der Waals surface area (Å²) in [5.41, 5.74) is 1.15. The monoisotopic (exact) mass is 287 g/mol. The van der Waals surface area contributed by atoms with Crippen molar-refractivity contribution >= 4 is 11.8 Å². The highest BCUT2D eigenvalue weighted by Gasteiger charge is 2.31. The van der Waals surface area contributed by atoms with E-state index in [1.165, 1.54) is 0 Å². The molecule has 0 spiro atoms. The number of likely N-dealkylation sites (tertiary alicyclic amines) is 1. The smallest absolute Gasteiger partial charge is 0.225 e. The normalized spacial score (nSPS) is 22.2. The van der Waals surface area contributed by atoms with Crippen molar-refractivity contribution in [2.24, 2.45) is 11.8 Å². The predicted octanol–water partition coefficient (Wildman–Crippen LogP) is 0.371. The van der Waals surface area contributed by atoms with E-state index >= 15 is 0 Å². The molecule has 112 valence electrons. The molecule has 0 aromatic heterocycles. The zero-order valence-electron chi connectivity index (χ0n) is 12.0. The Labute approximate surface area is 124 Å². The molecule has 2 saturated heterocycles. The molecule has 2 fully saturated rings. The number of hydrogen-bond acceptors (Lipinski definition) is 3. The van der Waals surface area contributed by atoms with Crippen LogP contribution in [0.2, 0.25) is 0 Å². The molecule has 0 aliphatic carbocycles. The van der Waals surface area contributed by atoms with Crippen molar-refractivity contribution in [2.75, 3.05) is 26.2 Å². The van der Waals surface area contributed by atoms with E-state index in [1.54, 1.807) is 0 Å². The molecule has 2 N–H and O–H groups in total. The van der Waals surface area contributed by atoms with Crippen LogP contribution in [-0.2, 0) is 16.1 Å². The van der Waals surface area contributed by atoms with E-state index in [9.17, 15) is 9.59 Å². The van der Waals surface area contributed by atoms with Gasteiger partial charge in [0.2, 0.25) is 11.8 Å². The molecule has 1 aromatic rings. The lowest BCUT2D eigenvalue weighted by Gasteiger charge is -2.26. The van der Waals surface area contributed by atoms with Crippen molar-refractivity contribution in [3.05, 3.63) is 35.9 Å². The van der Waals surface area contributed by atoms with E-state index in [1.807, 2.05) is 35.2 Å². The molecule has 0 radical (unpaired) electrons. The Kier molecular flexibility index (Phi) is 4.20. The van der Waals surface area contributed by atoms with Gasteiger partial charge in [-0.2, -0.15) is 0 Å². The van der Waals surface area contributed by atoms with Crippen LogP contribution in [0.1, 0.15) is 12.0 Å². The highest BCUT2D eigenvalue weighted by Crippen LogP contribution is 2.19. The summed E-state index contributed by atoms with van der Waals surface area (Å²) in [5.74, 6) is 0.645. The number of amides is 2. The van der Waals surface area contributed by atoms with Crippen molar-refractivity contribution in [1.82, 2.24) is 15.5 Å². The van der Waals surface area contributed by atoms with Crippen LogP contribution < -0.4 is 10.6 Å². The highest BCUT2D eigenvalue weighted by atomic mass is 16.2. The minimum Gasteiger partial charge on any atom is -0.355 e. The Morgan fingerprint density at radius 2 is 2.05 bits per heavy atom. The number of carbonyl (C=O) groups is 2. The molecular formula is C16H21N3O2. The summed E-state index contributed by atoms with van der Waals surface area (Å²) in [6, 6.07) is 10.0. The maximum absolute atomic E-state index is 12.0. The summed E-state index contributed by atoms with van der Waals surface area (Å²) in [5, 5.41) is 6.06. The molecule has 1 atom stereocenters. The number of nitrogens with zero attached hydrogens (tertiary/aromatic N) is 1. The quantitative estimate of drug-likeness (QED) is 0.822. The van der Waals surface area contributed by atoms with Crippen LogP contribution in [0.3, 0.4) is 0 Å². The Morgan fingerprint density at radius 3 is 2.71 bits per heavy atom. The molecule has 2 aliphatic rings. The van der Waals surface area contributed by atoms with Gasteiger partial charge in [0.15, 0.2) is 0 Å². The lowest BCUT2D eigenvalue weighted by molar-refractivity contribution is -0.128. The minimum absolute atomic E-state index is 0.113. The topological polar surface area (TPSA) is 61.4 Å². The fourth-order valence-corrected chi connectivity index (χ4v) is 2.81. The highest BCUT2D eigenvalue weighted by molar-refractivity contribution is 5.81. The molecule has 21 heavy (non-hydrogen) atoms. The van der Waals surface area contributed by atoms with Gasteiger partial charge in [0.25, 0.3) is 0 Å². The third-order valence-corrected chi connectivity index (χ3v) is 4.23. The van der Waals surface area contributed by atoms with Crippen molar-refractivity contribution < 1.29 is 9.59 Å². The van der Waals surface area contributed by atoms with Gasteiger partial charge < -0.3 is 15.5 Å². The van der Waals surface area contributed by atoms with Crippen LogP contribution in [0.15, 0.2) is 30.3 Å². The number of rotatable bonds is 5. The summed E-state index contributed by atoms with van der Waals surface area (Å²) >= 11 is 0. The van der Waals surface area contributed by atoms with Gasteiger partial charge in [-0.25, -0.2) is 0 Å². The third-order valence-electron chi connectivity index (χ3n) is 4.23. The molecule has 1 aromatic carbocycles. The van der Waals surface area contributed by atoms with Gasteiger partial charge in [0, 0.05) is 45.1 Å². The molecule has 2 amide bonds. The van der Waals surface area contributed by atoms with E-state index in [2.05, 4.69) is 10.6 Å². The summed E-state index contributed by atoms with van der Waals surface area (Å²) < 4.78 is 0. The molecule has 5 nitrogen and oxygen atoms in total. The zero-order valence-corrected chi connectivity index (χ0v) is 12.0. The SMILES string of the molecule is O=C(NCC1CC(=O)N(Cc2ccccc2)C1)C1CNC1. The Morgan fingerprint density at radius 1 is 1.29 bits per heavy atom. The zero-order chi connectivity index (χ0) is 14.7. The third kappa shape index (κ3) is 3.42. The molecule has 2 aliphatic heterocycles. The van der Waals surface area contributed by atoms with Crippen LogP contribution in [0.5, 0.6) is 0 Å². The fraction of sp³-hybridized carbons (Fsp3) is 0.500. The first-order valence-electron chi connectivity index (χ1n) is 7.52. The standard InChI is InChI=1S/C16H21N3O2/c20-15-6-13(7-18-16(21)14-8-17-9-14)11-19(15)10-12-4-2-1-3-5-12/h1-5,13-14,17H,6-11H2,(H,18,21). The first kappa shape index (κ1) is 14.1. The van der Waals surface area contributed by atoms with Gasteiger partial charge in [-0.1, -0.05) is 30.3 Å². The first-order chi connectivity index (χ1) is 10.2. The summed E-state index contributed by atoms with van der Waals surface area (Å²) in [6.07, 6.45) is 0.538. The molecule has 2 heterocycles. The molecule has 1 unspecified atom stereocenters. The van der Waals surface area contributed by atoms with Crippen LogP contribution >= 0.6 is 0 Å². The largest absolute Gasteiger partial charge is 0.355 e. The Bertz CT molecular complexity index is 514. The van der Waals surface area contributed by atoms with Gasteiger partial charge in [0.1, 0.15) is 0 Å². The number of nitrogens with one attached hydrogen (secondary N) is 2. The summed E-state index contributed by atoms with van der Waals surface area (Å²) in [6.45, 7) is 3.55. The van der Waals surface area contributed by atoms with Gasteiger partial charge in [-0.05, 0) is 5.56 Å². The summed E-state index contributed by atoms with van der Waals surface area (Å²) in [7, 11) is 0. The van der Waals surface area contributed by atoms with E-state index in [0.29, 0.717) is 19.5 Å². The summed E-state index contributed by atoms with van der Waals surface area (Å²) in [4.78, 5) is 25.7. The van der Waals surface area contributed by atoms with Gasteiger partial charge in [-0.15, -0.1) is 0 Å². The Hall–Kier alpha value is -1.88. The molecule has 3 rings (SSSR count). The second-order valence-corrected chi connectivity index (χ2v) is 5.93. The van der Waals surface area contributed by atoms with Crippen molar-refractivity contribution in [1.29, 1.82) is 0 Å². The van der Waals surface area contributed by atoms with E-state index in [-0.39, 0.29) is 23.7 Å². The van der Waals surface area contributed by atoms with Gasteiger partial charge >= 0.3 is 0 Å². The number of carbonyl (C=O) groups excluding carboxylic acids is 2. The van der Waals surface area contributed by atoms with Crippen molar-refractivity contribution in [3.8, 4) is 0 Å². The minimum atomic E-state index is 0.113. The maximum atomic E-state index is 12.0. The number of hydrogen-bond donors (Lipinski definition) is 2. The lowest BCUT2D eigenvalue weighted by Crippen LogP contribution is -2.51. The van der Waals surface area contributed by atoms with Crippen LogP contribution in [-0.4, -0.2) is 42.9 Å². The van der Waals surface area contributed by atoms with Crippen LogP contribution in [0.4, 0.5) is 0 Å². The maximum Gasteiger partial charge on any atom is 0.225 e. The van der Waals surface area contributed by atoms with E-state index in [4.69, 9.17) is 0 Å². The molecular weight excluding hydrogens is 266 g/mol. The molecule has 5 heteroatoms. The molecule has 0 bridgehead atoms. The molecule has 0 saturated carbocycles. The average Bonchev–Trinajstić information content (AvgIpc) is 2.76. The first-order valence-corrected chi connectivity index (χ1v) is 7.52. The number of benzene rings is 1. The predicted molar refractivity (Wildman–Crippen MR) is 79.3 cm³/mol.